The van der Waals surface area contributed by atoms with Crippen molar-refractivity contribution in [1.82, 2.24) is 5.32 Å². The van der Waals surface area contributed by atoms with Gasteiger partial charge in [0.2, 0.25) is 5.91 Å². The summed E-state index contributed by atoms with van der Waals surface area (Å²) in [5.41, 5.74) is -0.445. The highest BCUT2D eigenvalue weighted by Crippen LogP contribution is 2.70. The third kappa shape index (κ3) is 7.72. The fourth-order valence-corrected chi connectivity index (χ4v) is 25.6. The molecule has 0 spiro atoms. The van der Waals surface area contributed by atoms with E-state index in [9.17, 15) is 0 Å². The molecule has 0 aliphatic rings. The number of carbonyl (C=O) groups excluding carboxylic acids is 1. The summed E-state index contributed by atoms with van der Waals surface area (Å²) >= 11 is 0. The third-order valence-corrected chi connectivity index (χ3v) is 22.5. The predicted molar refractivity (Wildman–Crippen MR) is 201 cm³/mol. The molecule has 8 heteroatoms. The van der Waals surface area contributed by atoms with Gasteiger partial charge in [-0.2, -0.15) is 0 Å². The van der Waals surface area contributed by atoms with Crippen LogP contribution in [0.3, 0.4) is 0 Å². The molecule has 44 heavy (non-hydrogen) atoms. The highest BCUT2D eigenvalue weighted by atomic mass is 31.2. The van der Waals surface area contributed by atoms with Gasteiger partial charge in [0.15, 0.2) is 16.5 Å². The number of nitrogens with zero attached hydrogens (tertiary/aromatic N) is 2. The molecule has 0 saturated carbocycles. The second kappa shape index (κ2) is 13.3. The summed E-state index contributed by atoms with van der Waals surface area (Å²) in [6, 6.07) is 42.7. The number of benzene rings is 4. The SMILES string of the molecule is CC(C)(C)NC(=O)C(P(=N[Si](C)(C)C)(c1ccccc1)c1ccccc1)P(=N[Si](C)(C)C)(c1ccccc1)c1ccccc1. The lowest BCUT2D eigenvalue weighted by Crippen LogP contribution is -2.50. The topological polar surface area (TPSA) is 53.8 Å². The fourth-order valence-electron chi connectivity index (χ4n) is 5.79. The predicted octanol–water partition coefficient (Wildman–Crippen LogP) is 8.60. The van der Waals surface area contributed by atoms with Crippen LogP contribution in [0, 0.1) is 0 Å². The summed E-state index contributed by atoms with van der Waals surface area (Å²) in [6.07, 6.45) is 0. The number of rotatable bonds is 9. The molecular formula is C36H49N3OP2Si2. The van der Waals surface area contributed by atoms with E-state index in [0.29, 0.717) is 0 Å². The van der Waals surface area contributed by atoms with Crippen molar-refractivity contribution in [3.63, 3.8) is 0 Å². The molecule has 232 valence electrons. The van der Waals surface area contributed by atoms with E-state index in [1.807, 2.05) is 0 Å². The third-order valence-electron chi connectivity index (χ3n) is 6.96. The van der Waals surface area contributed by atoms with Gasteiger partial charge in [0.05, 0.1) is 0 Å². The van der Waals surface area contributed by atoms with Crippen molar-refractivity contribution in [1.29, 1.82) is 0 Å². The van der Waals surface area contributed by atoms with Crippen LogP contribution in [0.4, 0.5) is 0 Å². The largest absolute Gasteiger partial charge is 0.351 e. The monoisotopic (exact) mass is 657 g/mol. The highest BCUT2D eigenvalue weighted by molar-refractivity contribution is 7.99. The second-order valence-corrected chi connectivity index (χ2v) is 30.9. The van der Waals surface area contributed by atoms with Crippen molar-refractivity contribution in [3.8, 4) is 0 Å². The second-order valence-electron chi connectivity index (χ2n) is 14.4. The van der Waals surface area contributed by atoms with E-state index in [0.717, 1.165) is 21.2 Å². The molecule has 4 nitrogen and oxygen atoms in total. The summed E-state index contributed by atoms with van der Waals surface area (Å²) in [5.74, 6) is 0.0311. The molecule has 0 bridgehead atoms. The molecule has 4 aromatic rings. The smallest absolute Gasteiger partial charge is 0.236 e. The zero-order chi connectivity index (χ0) is 32.2. The van der Waals surface area contributed by atoms with Crippen LogP contribution in [-0.4, -0.2) is 33.3 Å². The van der Waals surface area contributed by atoms with E-state index in [4.69, 9.17) is 8.82 Å². The summed E-state index contributed by atoms with van der Waals surface area (Å²) in [6.45, 7) is 20.0. The molecule has 0 aliphatic carbocycles. The lowest BCUT2D eigenvalue weighted by Gasteiger charge is -2.45. The maximum atomic E-state index is 15.6. The Kier molecular flexibility index (Phi) is 10.3. The van der Waals surface area contributed by atoms with Crippen molar-refractivity contribution in [3.05, 3.63) is 121 Å². The van der Waals surface area contributed by atoms with Gasteiger partial charge in [0.25, 0.3) is 0 Å². The first-order valence-electron chi connectivity index (χ1n) is 15.4. The summed E-state index contributed by atoms with van der Waals surface area (Å²) in [4.78, 5) is 15.6. The van der Waals surface area contributed by atoms with Gasteiger partial charge in [0, 0.05) is 19.6 Å². The number of amides is 1. The molecule has 1 amide bonds. The molecule has 0 saturated heterocycles. The maximum absolute atomic E-state index is 15.6. The van der Waals surface area contributed by atoms with Gasteiger partial charge in [-0.1, -0.05) is 161 Å². The Bertz CT molecular complexity index is 1460. The van der Waals surface area contributed by atoms with Gasteiger partial charge in [-0.25, -0.2) is 0 Å². The minimum absolute atomic E-state index is 0.0311. The van der Waals surface area contributed by atoms with E-state index < -0.39 is 41.5 Å². The Morgan fingerprint density at radius 3 is 1.00 bits per heavy atom. The average molecular weight is 658 g/mol. The highest BCUT2D eigenvalue weighted by Gasteiger charge is 2.51. The van der Waals surface area contributed by atoms with E-state index >= 15 is 4.79 Å². The Morgan fingerprint density at radius 2 is 0.795 bits per heavy atom. The first-order chi connectivity index (χ1) is 20.6. The van der Waals surface area contributed by atoms with Crippen LogP contribution in [0.1, 0.15) is 20.8 Å². The van der Waals surface area contributed by atoms with E-state index in [2.05, 4.69) is 187 Å². The Morgan fingerprint density at radius 1 is 0.545 bits per heavy atom. The van der Waals surface area contributed by atoms with Gasteiger partial charge in [-0.3, -0.25) is 4.79 Å². The van der Waals surface area contributed by atoms with E-state index in [-0.39, 0.29) is 5.91 Å². The Hall–Kier alpha value is -2.76. The van der Waals surface area contributed by atoms with Crippen LogP contribution >= 0.6 is 14.1 Å². The van der Waals surface area contributed by atoms with Gasteiger partial charge in [-0.15, -0.1) is 0 Å². The lowest BCUT2D eigenvalue weighted by atomic mass is 10.1. The minimum atomic E-state index is -2.86. The van der Waals surface area contributed by atoms with Gasteiger partial charge >= 0.3 is 0 Å². The van der Waals surface area contributed by atoms with Crippen molar-refractivity contribution in [2.75, 3.05) is 0 Å². The van der Waals surface area contributed by atoms with Crippen LogP contribution in [0.25, 0.3) is 0 Å². The molecule has 0 fully saturated rings. The normalized spacial score (nSPS) is 13.0. The molecule has 4 rings (SSSR count). The first-order valence-corrected chi connectivity index (χ1v) is 25.9. The van der Waals surface area contributed by atoms with Crippen molar-refractivity contribution >= 4 is 57.7 Å². The number of hydrogen-bond acceptors (Lipinski definition) is 3. The van der Waals surface area contributed by atoms with Crippen molar-refractivity contribution in [2.24, 2.45) is 8.82 Å². The van der Waals surface area contributed by atoms with Crippen LogP contribution in [0.2, 0.25) is 39.3 Å². The average Bonchev–Trinajstić information content (AvgIpc) is 2.96. The standard InChI is InChI=1S/C36H49N3OP2Si2/c1-36(2,3)37-34(40)35(41(38-43(4,5)6,30-22-14-10-15-23-30)31-24-16-11-17-25-31)42(39-44(7,8)9,32-26-18-12-19-27-32)33-28-20-13-21-29-33/h10-29,35H,1-9H3,(H,37,40). The van der Waals surface area contributed by atoms with Crippen molar-refractivity contribution in [2.45, 2.75) is 71.0 Å². The molecule has 0 aromatic heterocycles. The quantitative estimate of drug-likeness (QED) is 0.142. The summed E-state index contributed by atoms with van der Waals surface area (Å²) in [7, 11) is -10.1. The number of nitrogens with one attached hydrogen (secondary N) is 1. The summed E-state index contributed by atoms with van der Waals surface area (Å²) in [5, 5.41) is 7.49. The van der Waals surface area contributed by atoms with Gasteiger partial charge < -0.3 is 14.1 Å². The van der Waals surface area contributed by atoms with Crippen molar-refractivity contribution < 1.29 is 4.79 Å². The molecule has 0 aliphatic heterocycles. The molecule has 0 unspecified atom stereocenters. The minimum Gasteiger partial charge on any atom is -0.351 e. The van der Waals surface area contributed by atoms with Crippen LogP contribution in [-0.2, 0) is 4.79 Å². The molecule has 0 atom stereocenters. The van der Waals surface area contributed by atoms with Crippen LogP contribution in [0.5, 0.6) is 0 Å². The zero-order valence-electron chi connectivity index (χ0n) is 27.8. The van der Waals surface area contributed by atoms with Crippen LogP contribution in [0.15, 0.2) is 130 Å². The fraction of sp³-hybridized carbons (Fsp3) is 0.306. The Labute approximate surface area is 268 Å². The molecule has 0 radical (unpaired) electrons. The van der Waals surface area contributed by atoms with Crippen LogP contribution < -0.4 is 26.5 Å². The number of carbonyl (C=O) groups is 1. The molecular weight excluding hydrogens is 609 g/mol. The summed E-state index contributed by atoms with van der Waals surface area (Å²) < 4.78 is 12.1. The lowest BCUT2D eigenvalue weighted by molar-refractivity contribution is -0.120. The Balaban J connectivity index is 2.42. The molecule has 1 N–H and O–H groups in total. The number of hydrogen-bond donors (Lipinski definition) is 1. The van der Waals surface area contributed by atoms with Gasteiger partial charge in [-0.05, 0) is 42.0 Å². The van der Waals surface area contributed by atoms with E-state index in [1.54, 1.807) is 0 Å². The first kappa shape index (κ1) is 34.1. The zero-order valence-corrected chi connectivity index (χ0v) is 31.6. The van der Waals surface area contributed by atoms with Gasteiger partial charge in [0.1, 0.15) is 5.40 Å². The molecule has 0 heterocycles. The maximum Gasteiger partial charge on any atom is 0.236 e. The molecule has 4 aromatic carbocycles. The van der Waals surface area contributed by atoms with E-state index in [1.165, 1.54) is 0 Å².